The number of imide groups is 1. The number of nitrogens with one attached hydrogen (secondary N) is 3. The van der Waals surface area contributed by atoms with Gasteiger partial charge >= 0.3 is 0 Å². The van der Waals surface area contributed by atoms with Crippen LogP contribution in [0.4, 0.5) is 5.69 Å². The minimum Gasteiger partial charge on any atom is -0.491 e. The average molecular weight is 591 g/mol. The van der Waals surface area contributed by atoms with Gasteiger partial charge in [-0.3, -0.25) is 19.3 Å². The van der Waals surface area contributed by atoms with Crippen molar-refractivity contribution in [3.63, 3.8) is 0 Å². The first kappa shape index (κ1) is 28.0. The number of aliphatic hydroxyl groups is 1. The molecule has 1 atom stereocenters. The number of likely N-dealkylation sites (tertiary alicyclic amines) is 1. The number of nitrogens with zero attached hydrogens (tertiary/aromatic N) is 3. The minimum absolute atomic E-state index is 0.0116. The predicted octanol–water partition coefficient (Wildman–Crippen LogP) is 3.42. The van der Waals surface area contributed by atoms with Crippen LogP contribution in [0.5, 0.6) is 5.75 Å². The van der Waals surface area contributed by atoms with E-state index in [9.17, 15) is 19.5 Å². The number of aromatic nitrogens is 3. The molecular formula is C30H31ClN6O5. The third-order valence-electron chi connectivity index (χ3n) is 7.88. The molecule has 0 radical (unpaired) electrons. The van der Waals surface area contributed by atoms with Crippen LogP contribution >= 0.6 is 11.6 Å². The Hall–Kier alpha value is -4.19. The first-order valence-corrected chi connectivity index (χ1v) is 14.2. The van der Waals surface area contributed by atoms with Crippen molar-refractivity contribution in [3.8, 4) is 17.1 Å². The second-order valence-electron chi connectivity index (χ2n) is 10.9. The SMILES string of the molecule is Cc1ccc(OC[C@H](O)CNc2cc[nH]c(=O)c2-c2nc3cc4c(cc3[nH]2)C(=O)N(C2CCN(C)CC2)C4=O)cc1Cl. The van der Waals surface area contributed by atoms with Crippen LogP contribution in [0.3, 0.4) is 0 Å². The van der Waals surface area contributed by atoms with Gasteiger partial charge in [-0.1, -0.05) is 17.7 Å². The lowest BCUT2D eigenvalue weighted by molar-refractivity contribution is 0.0516. The second kappa shape index (κ2) is 11.2. The fourth-order valence-corrected chi connectivity index (χ4v) is 5.64. The fraction of sp³-hybridized carbons (Fsp3) is 0.333. The lowest BCUT2D eigenvalue weighted by Gasteiger charge is -2.33. The van der Waals surface area contributed by atoms with Crippen molar-refractivity contribution >= 4 is 40.1 Å². The standard InChI is InChI=1S/C30H31ClN6O5/c1-16-3-4-19(11-22(16)31)42-15-18(38)14-33-23-5-8-32-28(39)26(23)27-34-24-12-20-21(13-25(24)35-27)30(41)37(29(20)40)17-6-9-36(2)10-7-17/h3-5,8,11-13,17-18,38H,6-7,9-10,14-15H2,1-2H3,(H,34,35)(H2,32,33,39)/t18-/m1/s1. The molecule has 12 heteroatoms. The van der Waals surface area contributed by atoms with E-state index < -0.39 is 11.7 Å². The molecule has 2 aromatic carbocycles. The molecule has 42 heavy (non-hydrogen) atoms. The highest BCUT2D eigenvalue weighted by Gasteiger charge is 2.41. The molecule has 0 unspecified atom stereocenters. The molecule has 6 rings (SSSR count). The topological polar surface area (TPSA) is 144 Å². The number of fused-ring (bicyclic) bond motifs is 2. The van der Waals surface area contributed by atoms with E-state index in [4.69, 9.17) is 16.3 Å². The van der Waals surface area contributed by atoms with Gasteiger partial charge < -0.3 is 30.0 Å². The van der Waals surface area contributed by atoms with Gasteiger partial charge in [-0.15, -0.1) is 0 Å². The Labute approximate surface area is 246 Å². The molecule has 1 saturated heterocycles. The number of H-pyrrole nitrogens is 2. The summed E-state index contributed by atoms with van der Waals surface area (Å²) in [5.41, 5.74) is 2.87. The summed E-state index contributed by atoms with van der Waals surface area (Å²) in [7, 11) is 2.03. The normalized spacial score (nSPS) is 16.7. The second-order valence-corrected chi connectivity index (χ2v) is 11.3. The largest absolute Gasteiger partial charge is 0.491 e. The quantitative estimate of drug-likeness (QED) is 0.229. The Bertz CT molecular complexity index is 1690. The van der Waals surface area contributed by atoms with Gasteiger partial charge in [0, 0.05) is 23.8 Å². The predicted molar refractivity (Wildman–Crippen MR) is 159 cm³/mol. The molecule has 2 amide bonds. The monoisotopic (exact) mass is 590 g/mol. The summed E-state index contributed by atoms with van der Waals surface area (Å²) < 4.78 is 5.66. The number of rotatable bonds is 8. The zero-order valence-corrected chi connectivity index (χ0v) is 24.0. The molecule has 11 nitrogen and oxygen atoms in total. The first-order valence-electron chi connectivity index (χ1n) is 13.8. The number of aryl methyl sites for hydroxylation is 1. The Morgan fingerprint density at radius 1 is 1.12 bits per heavy atom. The van der Waals surface area contributed by atoms with Crippen molar-refractivity contribution in [1.29, 1.82) is 0 Å². The molecule has 0 spiro atoms. The fourth-order valence-electron chi connectivity index (χ4n) is 5.47. The van der Waals surface area contributed by atoms with Crippen LogP contribution < -0.4 is 15.6 Å². The molecule has 2 aliphatic heterocycles. The summed E-state index contributed by atoms with van der Waals surface area (Å²) in [6, 6.07) is 10.1. The summed E-state index contributed by atoms with van der Waals surface area (Å²) in [6.07, 6.45) is 2.10. The van der Waals surface area contributed by atoms with Gasteiger partial charge in [0.25, 0.3) is 17.4 Å². The summed E-state index contributed by atoms with van der Waals surface area (Å²) in [4.78, 5) is 53.5. The molecule has 0 aliphatic carbocycles. The van der Waals surface area contributed by atoms with E-state index in [0.29, 0.717) is 38.6 Å². The number of carbonyl (C=O) groups excluding carboxylic acids is 2. The summed E-state index contributed by atoms with van der Waals surface area (Å²) >= 11 is 6.14. The van der Waals surface area contributed by atoms with Gasteiger partial charge in [-0.2, -0.15) is 0 Å². The third kappa shape index (κ3) is 5.26. The van der Waals surface area contributed by atoms with Crippen LogP contribution in [0, 0.1) is 6.92 Å². The number of benzene rings is 2. The number of piperidine rings is 1. The van der Waals surface area contributed by atoms with E-state index in [1.165, 1.54) is 11.1 Å². The highest BCUT2D eigenvalue weighted by Crippen LogP contribution is 2.32. The van der Waals surface area contributed by atoms with Gasteiger partial charge in [0.1, 0.15) is 29.8 Å². The number of amides is 2. The molecule has 4 N–H and O–H groups in total. The van der Waals surface area contributed by atoms with Crippen LogP contribution in [0.15, 0.2) is 47.4 Å². The molecule has 4 heterocycles. The summed E-state index contributed by atoms with van der Waals surface area (Å²) in [5.74, 6) is 0.207. The molecular weight excluding hydrogens is 560 g/mol. The lowest BCUT2D eigenvalue weighted by Crippen LogP contribution is -2.46. The number of pyridine rings is 1. The first-order chi connectivity index (χ1) is 20.2. The van der Waals surface area contributed by atoms with Gasteiger partial charge in [0.2, 0.25) is 0 Å². The maximum atomic E-state index is 13.3. The van der Waals surface area contributed by atoms with E-state index in [0.717, 1.165) is 31.5 Å². The number of ether oxygens (including phenoxy) is 1. The molecule has 2 aromatic heterocycles. The highest BCUT2D eigenvalue weighted by atomic mass is 35.5. The number of aliphatic hydroxyl groups excluding tert-OH is 1. The number of carbonyl (C=O) groups is 2. The Morgan fingerprint density at radius 3 is 2.60 bits per heavy atom. The van der Waals surface area contributed by atoms with E-state index in [1.54, 1.807) is 30.3 Å². The Balaban J connectivity index is 1.20. The van der Waals surface area contributed by atoms with Crippen molar-refractivity contribution < 1.29 is 19.4 Å². The third-order valence-corrected chi connectivity index (χ3v) is 8.29. The van der Waals surface area contributed by atoms with Crippen molar-refractivity contribution in [2.75, 3.05) is 38.6 Å². The lowest BCUT2D eigenvalue weighted by atomic mass is 10.0. The average Bonchev–Trinajstić information content (AvgIpc) is 3.49. The van der Waals surface area contributed by atoms with Crippen LogP contribution in [0.1, 0.15) is 39.1 Å². The van der Waals surface area contributed by atoms with Crippen LogP contribution in [-0.4, -0.2) is 87.1 Å². The van der Waals surface area contributed by atoms with E-state index in [2.05, 4.69) is 25.2 Å². The number of aromatic amines is 2. The highest BCUT2D eigenvalue weighted by molar-refractivity contribution is 6.31. The van der Waals surface area contributed by atoms with Crippen LogP contribution in [-0.2, 0) is 0 Å². The van der Waals surface area contributed by atoms with Gasteiger partial charge in [-0.05, 0) is 75.8 Å². The zero-order valence-electron chi connectivity index (χ0n) is 23.2. The minimum atomic E-state index is -0.889. The molecule has 1 fully saturated rings. The van der Waals surface area contributed by atoms with Crippen LogP contribution in [0.25, 0.3) is 22.4 Å². The number of imidazole rings is 1. The van der Waals surface area contributed by atoms with Gasteiger partial charge in [-0.25, -0.2) is 4.98 Å². The smallest absolute Gasteiger partial charge is 0.261 e. The van der Waals surface area contributed by atoms with E-state index >= 15 is 0 Å². The van der Waals surface area contributed by atoms with Crippen molar-refractivity contribution in [1.82, 2.24) is 24.8 Å². The van der Waals surface area contributed by atoms with Gasteiger partial charge in [0.05, 0.1) is 27.8 Å². The zero-order chi connectivity index (χ0) is 29.5. The summed E-state index contributed by atoms with van der Waals surface area (Å²) in [6.45, 7) is 3.66. The maximum Gasteiger partial charge on any atom is 0.261 e. The number of anilines is 1. The van der Waals surface area contributed by atoms with E-state index in [-0.39, 0.29) is 42.4 Å². The number of halogens is 1. The van der Waals surface area contributed by atoms with Crippen molar-refractivity contribution in [2.45, 2.75) is 31.9 Å². The molecule has 0 saturated carbocycles. The van der Waals surface area contributed by atoms with Gasteiger partial charge in [0.15, 0.2) is 0 Å². The van der Waals surface area contributed by atoms with Crippen LogP contribution in [0.2, 0.25) is 5.02 Å². The molecule has 0 bridgehead atoms. The Kier molecular flexibility index (Phi) is 7.48. The molecule has 4 aromatic rings. The molecule has 2 aliphatic rings. The number of hydrogen-bond acceptors (Lipinski definition) is 8. The van der Waals surface area contributed by atoms with E-state index in [1.807, 2.05) is 20.0 Å². The number of hydrogen-bond donors (Lipinski definition) is 4. The van der Waals surface area contributed by atoms with Crippen molar-refractivity contribution in [2.24, 2.45) is 0 Å². The molecule has 218 valence electrons. The maximum absolute atomic E-state index is 13.3. The summed E-state index contributed by atoms with van der Waals surface area (Å²) in [5, 5.41) is 14.2. The Morgan fingerprint density at radius 2 is 1.86 bits per heavy atom. The van der Waals surface area contributed by atoms with Crippen molar-refractivity contribution in [3.05, 3.63) is 74.7 Å².